The summed E-state index contributed by atoms with van der Waals surface area (Å²) in [6.07, 6.45) is 0.604. The van der Waals surface area contributed by atoms with Gasteiger partial charge in [0, 0.05) is 38.2 Å². The van der Waals surface area contributed by atoms with Crippen molar-refractivity contribution >= 4 is 28.0 Å². The number of carbonyl (C=O) groups is 2. The molecule has 104 valence electrons. The average Bonchev–Trinajstić information content (AvgIpc) is 2.43. The third kappa shape index (κ3) is 3.23. The normalized spacial score (nSPS) is 10.6. The zero-order valence-corrected chi connectivity index (χ0v) is 12.1. The van der Waals surface area contributed by atoms with Crippen LogP contribution in [0.1, 0.15) is 30.1 Å². The van der Waals surface area contributed by atoms with Crippen molar-refractivity contribution in [2.24, 2.45) is 0 Å². The zero-order valence-electron chi connectivity index (χ0n) is 12.1. The summed E-state index contributed by atoms with van der Waals surface area (Å²) in [7, 11) is 4.00. The van der Waals surface area contributed by atoms with Gasteiger partial charge in [0.15, 0.2) is 5.78 Å². The lowest BCUT2D eigenvalue weighted by atomic mass is 10.0. The van der Waals surface area contributed by atoms with Crippen LogP contribution in [0.15, 0.2) is 36.4 Å². The number of carbonyl (C=O) groups excluding carboxylic acids is 2. The molecule has 0 heterocycles. The molecule has 0 N–H and O–H groups in total. The minimum atomic E-state index is 0.0267. The van der Waals surface area contributed by atoms with Crippen LogP contribution in [0.5, 0.6) is 0 Å². The molecular formula is C17H19NO2. The SMILES string of the molecule is CC(=O)CCC(=O)c1ccc2cc(N(C)C)ccc2c1. The van der Waals surface area contributed by atoms with Gasteiger partial charge in [0.05, 0.1) is 0 Å². The quantitative estimate of drug-likeness (QED) is 0.780. The van der Waals surface area contributed by atoms with E-state index in [2.05, 4.69) is 6.07 Å². The molecule has 0 saturated carbocycles. The van der Waals surface area contributed by atoms with E-state index in [1.807, 2.05) is 49.3 Å². The Morgan fingerprint density at radius 1 is 0.950 bits per heavy atom. The fourth-order valence-electron chi connectivity index (χ4n) is 2.12. The van der Waals surface area contributed by atoms with Crippen LogP contribution in [0.2, 0.25) is 0 Å². The van der Waals surface area contributed by atoms with Crippen molar-refractivity contribution in [2.75, 3.05) is 19.0 Å². The minimum absolute atomic E-state index is 0.0267. The average molecular weight is 269 g/mol. The molecule has 3 nitrogen and oxygen atoms in total. The van der Waals surface area contributed by atoms with E-state index in [4.69, 9.17) is 0 Å². The van der Waals surface area contributed by atoms with E-state index >= 15 is 0 Å². The fourth-order valence-corrected chi connectivity index (χ4v) is 2.12. The Hall–Kier alpha value is -2.16. The molecule has 2 aromatic carbocycles. The number of nitrogens with zero attached hydrogens (tertiary/aromatic N) is 1. The molecule has 0 saturated heterocycles. The van der Waals surface area contributed by atoms with Crippen LogP contribution in [-0.2, 0) is 4.79 Å². The largest absolute Gasteiger partial charge is 0.378 e. The molecule has 0 aliphatic rings. The van der Waals surface area contributed by atoms with Crippen molar-refractivity contribution in [1.29, 1.82) is 0 Å². The van der Waals surface area contributed by atoms with Crippen molar-refractivity contribution in [3.8, 4) is 0 Å². The number of Topliss-reactive ketones (excluding diaryl/α,β-unsaturated/α-hetero) is 2. The van der Waals surface area contributed by atoms with Gasteiger partial charge in [-0.1, -0.05) is 18.2 Å². The first-order valence-electron chi connectivity index (χ1n) is 6.71. The van der Waals surface area contributed by atoms with E-state index in [9.17, 15) is 9.59 Å². The van der Waals surface area contributed by atoms with Crippen LogP contribution in [-0.4, -0.2) is 25.7 Å². The summed E-state index contributed by atoms with van der Waals surface area (Å²) < 4.78 is 0. The maximum absolute atomic E-state index is 12.0. The molecule has 0 spiro atoms. The molecule has 3 heteroatoms. The van der Waals surface area contributed by atoms with E-state index in [-0.39, 0.29) is 18.0 Å². The highest BCUT2D eigenvalue weighted by atomic mass is 16.1. The van der Waals surface area contributed by atoms with Crippen LogP contribution in [0, 0.1) is 0 Å². The van der Waals surface area contributed by atoms with E-state index in [1.165, 1.54) is 6.92 Å². The van der Waals surface area contributed by atoms with Gasteiger partial charge >= 0.3 is 0 Å². The van der Waals surface area contributed by atoms with Crippen molar-refractivity contribution in [1.82, 2.24) is 0 Å². The predicted molar refractivity (Wildman–Crippen MR) is 82.5 cm³/mol. The Labute approximate surface area is 119 Å². The number of ketones is 2. The van der Waals surface area contributed by atoms with E-state index in [0.717, 1.165) is 16.5 Å². The predicted octanol–water partition coefficient (Wildman–Crippen LogP) is 3.46. The van der Waals surface area contributed by atoms with Crippen LogP contribution >= 0.6 is 0 Å². The smallest absolute Gasteiger partial charge is 0.163 e. The minimum Gasteiger partial charge on any atom is -0.378 e. The number of anilines is 1. The van der Waals surface area contributed by atoms with Gasteiger partial charge in [0.1, 0.15) is 5.78 Å². The molecule has 0 bridgehead atoms. The van der Waals surface area contributed by atoms with Gasteiger partial charge in [-0.25, -0.2) is 0 Å². The van der Waals surface area contributed by atoms with Crippen molar-refractivity contribution in [3.05, 3.63) is 42.0 Å². The highest BCUT2D eigenvalue weighted by molar-refractivity contribution is 6.01. The molecule has 2 aromatic rings. The molecular weight excluding hydrogens is 250 g/mol. The summed E-state index contributed by atoms with van der Waals surface area (Å²) in [4.78, 5) is 25.0. The summed E-state index contributed by atoms with van der Waals surface area (Å²) in [5, 5.41) is 2.16. The molecule has 0 atom stereocenters. The Bertz CT molecular complexity index is 659. The Kier molecular flexibility index (Phi) is 4.18. The monoisotopic (exact) mass is 269 g/mol. The molecule has 0 aromatic heterocycles. The first-order valence-corrected chi connectivity index (χ1v) is 6.71. The molecule has 0 aliphatic carbocycles. The summed E-state index contributed by atoms with van der Waals surface area (Å²) >= 11 is 0. The lowest BCUT2D eigenvalue weighted by Crippen LogP contribution is -2.08. The first kappa shape index (κ1) is 14.3. The van der Waals surface area contributed by atoms with Gasteiger partial charge < -0.3 is 9.69 Å². The summed E-state index contributed by atoms with van der Waals surface area (Å²) in [5.74, 6) is 0.0774. The van der Waals surface area contributed by atoms with E-state index in [0.29, 0.717) is 12.0 Å². The maximum Gasteiger partial charge on any atom is 0.163 e. The lowest BCUT2D eigenvalue weighted by Gasteiger charge is -2.13. The number of hydrogen-bond donors (Lipinski definition) is 0. The molecule has 0 radical (unpaired) electrons. The van der Waals surface area contributed by atoms with Crippen molar-refractivity contribution in [3.63, 3.8) is 0 Å². The van der Waals surface area contributed by atoms with Gasteiger partial charge in [-0.15, -0.1) is 0 Å². The second-order valence-corrected chi connectivity index (χ2v) is 5.27. The van der Waals surface area contributed by atoms with Gasteiger partial charge in [0.25, 0.3) is 0 Å². The van der Waals surface area contributed by atoms with Gasteiger partial charge in [-0.05, 0) is 35.9 Å². The fraction of sp³-hybridized carbons (Fsp3) is 0.294. The zero-order chi connectivity index (χ0) is 14.7. The summed E-state index contributed by atoms with van der Waals surface area (Å²) in [6, 6.07) is 11.8. The van der Waals surface area contributed by atoms with Crippen LogP contribution in [0.4, 0.5) is 5.69 Å². The standard InChI is InChI=1S/C17H19NO2/c1-12(19)4-9-17(20)15-6-5-14-11-16(18(2)3)8-7-13(14)10-15/h5-8,10-11H,4,9H2,1-3H3. The molecule has 0 fully saturated rings. The molecule has 20 heavy (non-hydrogen) atoms. The van der Waals surface area contributed by atoms with Gasteiger partial charge in [0.2, 0.25) is 0 Å². The second-order valence-electron chi connectivity index (χ2n) is 5.27. The maximum atomic E-state index is 12.0. The number of benzene rings is 2. The Balaban J connectivity index is 2.27. The third-order valence-corrected chi connectivity index (χ3v) is 3.37. The number of rotatable bonds is 5. The highest BCUT2D eigenvalue weighted by Crippen LogP contribution is 2.22. The number of hydrogen-bond acceptors (Lipinski definition) is 3. The first-order chi connectivity index (χ1) is 9.47. The number of fused-ring (bicyclic) bond motifs is 1. The molecule has 0 aliphatic heterocycles. The van der Waals surface area contributed by atoms with Crippen LogP contribution in [0.25, 0.3) is 10.8 Å². The summed E-state index contributed by atoms with van der Waals surface area (Å²) in [5.41, 5.74) is 1.81. The highest BCUT2D eigenvalue weighted by Gasteiger charge is 2.08. The van der Waals surface area contributed by atoms with Gasteiger partial charge in [-0.3, -0.25) is 4.79 Å². The third-order valence-electron chi connectivity index (χ3n) is 3.37. The molecule has 0 amide bonds. The Morgan fingerprint density at radius 2 is 1.60 bits per heavy atom. The van der Waals surface area contributed by atoms with Crippen LogP contribution in [0.3, 0.4) is 0 Å². The second kappa shape index (κ2) is 5.87. The van der Waals surface area contributed by atoms with Crippen molar-refractivity contribution in [2.45, 2.75) is 19.8 Å². The van der Waals surface area contributed by atoms with Crippen LogP contribution < -0.4 is 4.90 Å². The molecule has 2 rings (SSSR count). The van der Waals surface area contributed by atoms with Gasteiger partial charge in [-0.2, -0.15) is 0 Å². The van der Waals surface area contributed by atoms with E-state index in [1.54, 1.807) is 0 Å². The van der Waals surface area contributed by atoms with E-state index < -0.39 is 0 Å². The molecule has 0 unspecified atom stereocenters. The topological polar surface area (TPSA) is 37.4 Å². The van der Waals surface area contributed by atoms with Crippen molar-refractivity contribution < 1.29 is 9.59 Å². The Morgan fingerprint density at radius 3 is 2.25 bits per heavy atom. The lowest BCUT2D eigenvalue weighted by molar-refractivity contribution is -0.116. The summed E-state index contributed by atoms with van der Waals surface area (Å²) in [6.45, 7) is 1.51.